The molecule has 42 valence electrons. The van der Waals surface area contributed by atoms with Crippen molar-refractivity contribution < 1.29 is 25.9 Å². The van der Waals surface area contributed by atoms with E-state index >= 15 is 0 Å². The van der Waals surface area contributed by atoms with Crippen molar-refractivity contribution in [2.75, 3.05) is 0 Å². The molecule has 1 nitrogen and oxygen atoms in total. The van der Waals surface area contributed by atoms with Gasteiger partial charge in [-0.15, -0.1) is 0 Å². The molecule has 0 bridgehead atoms. The molecule has 0 rings (SSSR count). The van der Waals surface area contributed by atoms with E-state index in [-0.39, 0.29) is 21.1 Å². The molecule has 0 atom stereocenters. The minimum absolute atomic E-state index is 0. The van der Waals surface area contributed by atoms with Crippen molar-refractivity contribution in [2.24, 2.45) is 0 Å². The van der Waals surface area contributed by atoms with Gasteiger partial charge in [0.2, 0.25) is 0 Å². The summed E-state index contributed by atoms with van der Waals surface area (Å²) >= 11 is 0. The Kier molecular flexibility index (Phi) is 14.2. The first-order valence-electron chi connectivity index (χ1n) is 2.26. The summed E-state index contributed by atoms with van der Waals surface area (Å²) in [5.41, 5.74) is 0. The molecule has 0 saturated heterocycles. The average Bonchev–Trinajstić information content (AvgIpc) is 1.61. The Morgan fingerprint density at radius 2 is 2.14 bits per heavy atom. The topological polar surface area (TPSA) is 17.1 Å². The number of rotatable bonds is 3. The first-order chi connectivity index (χ1) is 2.91. The summed E-state index contributed by atoms with van der Waals surface area (Å²) in [5, 5.41) is 0. The molecule has 2 heteroatoms. The Hall–Kier alpha value is 0.358. The molecule has 0 N–H and O–H groups in total. The third kappa shape index (κ3) is 10.7. The normalized spacial score (nSPS) is 7.00. The van der Waals surface area contributed by atoms with Gasteiger partial charge >= 0.3 is 0 Å². The van der Waals surface area contributed by atoms with Gasteiger partial charge in [-0.25, -0.2) is 0 Å². The van der Waals surface area contributed by atoms with Crippen molar-refractivity contribution in [3.8, 4) is 0 Å². The van der Waals surface area contributed by atoms with Crippen LogP contribution >= 0.6 is 0 Å². The quantitative estimate of drug-likeness (QED) is 0.557. The van der Waals surface area contributed by atoms with Gasteiger partial charge in [0.05, 0.1) is 0 Å². The Labute approximate surface area is 58.7 Å². The van der Waals surface area contributed by atoms with Crippen LogP contribution in [0.5, 0.6) is 0 Å². The molecule has 0 fully saturated rings. The Morgan fingerprint density at radius 3 is 2.29 bits per heavy atom. The van der Waals surface area contributed by atoms with Crippen molar-refractivity contribution in [2.45, 2.75) is 26.2 Å². The number of hydrogen-bond donors (Lipinski definition) is 0. The molecule has 0 aromatic rings. The van der Waals surface area contributed by atoms with Crippen LogP contribution in [-0.4, -0.2) is 6.29 Å². The molecule has 0 aromatic heterocycles. The van der Waals surface area contributed by atoms with Crippen LogP contribution in [0.3, 0.4) is 0 Å². The molecule has 0 heterocycles. The standard InChI is InChI=1S/C5H9O.W/c1-2-3-4-5-6;/h2-4H2,1H3;/q-1;. The summed E-state index contributed by atoms with van der Waals surface area (Å²) < 4.78 is 0. The van der Waals surface area contributed by atoms with Crippen LogP contribution in [0.4, 0.5) is 0 Å². The average molecular weight is 269 g/mol. The molecule has 0 aliphatic rings. The zero-order valence-electron chi connectivity index (χ0n) is 4.44. The van der Waals surface area contributed by atoms with Gasteiger partial charge in [0.1, 0.15) is 0 Å². The monoisotopic (exact) mass is 269 g/mol. The maximum absolute atomic E-state index is 9.44. The third-order valence-electron chi connectivity index (χ3n) is 0.632. The Morgan fingerprint density at radius 1 is 1.57 bits per heavy atom. The van der Waals surface area contributed by atoms with E-state index in [0.29, 0.717) is 6.42 Å². The second kappa shape index (κ2) is 9.61. The second-order valence-corrected chi connectivity index (χ2v) is 1.25. The fourth-order valence-electron chi connectivity index (χ4n) is 0.249. The van der Waals surface area contributed by atoms with Gasteiger partial charge in [0.25, 0.3) is 0 Å². The van der Waals surface area contributed by atoms with Gasteiger partial charge in [0.15, 0.2) is 0 Å². The molecule has 0 aromatic carbocycles. The van der Waals surface area contributed by atoms with Gasteiger partial charge in [-0.2, -0.15) is 6.42 Å². The summed E-state index contributed by atoms with van der Waals surface area (Å²) in [6.45, 7) is 2.05. The minimum Gasteiger partial charge on any atom is -0.542 e. The van der Waals surface area contributed by atoms with Crippen LogP contribution in [0.1, 0.15) is 26.2 Å². The molecule has 0 saturated carbocycles. The fraction of sp³-hybridized carbons (Fsp3) is 0.800. The minimum atomic E-state index is 0. The summed E-state index contributed by atoms with van der Waals surface area (Å²) in [7, 11) is 0. The van der Waals surface area contributed by atoms with E-state index in [0.717, 1.165) is 12.8 Å². The van der Waals surface area contributed by atoms with Gasteiger partial charge in [-0.05, 0) is 0 Å². The Balaban J connectivity index is 0. The SMILES string of the molecule is CCCC[C-]=O.[W]. The van der Waals surface area contributed by atoms with Gasteiger partial charge in [-0.3, -0.25) is 6.29 Å². The molecule has 0 aliphatic carbocycles. The van der Waals surface area contributed by atoms with Crippen molar-refractivity contribution in [1.82, 2.24) is 0 Å². The number of unbranched alkanes of at least 4 members (excludes halogenated alkanes) is 2. The van der Waals surface area contributed by atoms with E-state index in [9.17, 15) is 4.79 Å². The van der Waals surface area contributed by atoms with E-state index in [1.54, 1.807) is 0 Å². The van der Waals surface area contributed by atoms with Gasteiger partial charge in [0, 0.05) is 21.1 Å². The molecule has 0 unspecified atom stereocenters. The molecule has 0 radical (unpaired) electrons. The van der Waals surface area contributed by atoms with Crippen LogP contribution in [0, 0.1) is 0 Å². The smallest absolute Gasteiger partial charge is 0 e. The maximum atomic E-state index is 9.44. The molecular formula is C5H9OW-. The predicted octanol–water partition coefficient (Wildman–Crippen LogP) is 1.28. The van der Waals surface area contributed by atoms with Crippen molar-refractivity contribution >= 4 is 6.29 Å². The van der Waals surface area contributed by atoms with Crippen LogP contribution < -0.4 is 0 Å². The summed E-state index contributed by atoms with van der Waals surface area (Å²) in [6.07, 6.45) is 4.51. The number of hydrogen-bond acceptors (Lipinski definition) is 1. The first kappa shape index (κ1) is 10.4. The largest absolute Gasteiger partial charge is 0.542 e. The van der Waals surface area contributed by atoms with Gasteiger partial charge < -0.3 is 4.79 Å². The zero-order valence-corrected chi connectivity index (χ0v) is 7.37. The predicted molar refractivity (Wildman–Crippen MR) is 25.2 cm³/mol. The summed E-state index contributed by atoms with van der Waals surface area (Å²) in [4.78, 5) is 9.44. The van der Waals surface area contributed by atoms with Crippen molar-refractivity contribution in [1.29, 1.82) is 0 Å². The van der Waals surface area contributed by atoms with Crippen molar-refractivity contribution in [3.63, 3.8) is 0 Å². The first-order valence-corrected chi connectivity index (χ1v) is 2.26. The summed E-state index contributed by atoms with van der Waals surface area (Å²) in [5.74, 6) is 0. The van der Waals surface area contributed by atoms with E-state index in [1.165, 1.54) is 0 Å². The number of carbonyl (C=O) groups excluding carboxylic acids is 1. The van der Waals surface area contributed by atoms with Crippen molar-refractivity contribution in [3.05, 3.63) is 0 Å². The molecule has 0 aliphatic heterocycles. The van der Waals surface area contributed by atoms with E-state index in [4.69, 9.17) is 0 Å². The third-order valence-corrected chi connectivity index (χ3v) is 0.632. The molecule has 0 spiro atoms. The molecule has 0 amide bonds. The van der Waals surface area contributed by atoms with Crippen LogP contribution in [0.25, 0.3) is 0 Å². The van der Waals surface area contributed by atoms with Gasteiger partial charge in [-0.1, -0.05) is 19.8 Å². The van der Waals surface area contributed by atoms with Crippen LogP contribution in [0.15, 0.2) is 0 Å². The summed E-state index contributed by atoms with van der Waals surface area (Å²) in [6, 6.07) is 0. The molecule has 7 heavy (non-hydrogen) atoms. The Bertz CT molecular complexity index is 37.1. The van der Waals surface area contributed by atoms with E-state index in [2.05, 4.69) is 6.92 Å². The van der Waals surface area contributed by atoms with Crippen LogP contribution in [-0.2, 0) is 25.9 Å². The fourth-order valence-corrected chi connectivity index (χ4v) is 0.249. The van der Waals surface area contributed by atoms with E-state index < -0.39 is 0 Å². The van der Waals surface area contributed by atoms with E-state index in [1.807, 2.05) is 6.29 Å². The second-order valence-electron chi connectivity index (χ2n) is 1.25. The maximum Gasteiger partial charge on any atom is 0 e. The van der Waals surface area contributed by atoms with Crippen LogP contribution in [0.2, 0.25) is 0 Å². The zero-order chi connectivity index (χ0) is 4.83. The molecular weight excluding hydrogens is 260 g/mol.